The van der Waals surface area contributed by atoms with Crippen LogP contribution in [-0.2, 0) is 0 Å². The van der Waals surface area contributed by atoms with E-state index in [9.17, 15) is 0 Å². The number of hydrogen-bond acceptors (Lipinski definition) is 2. The van der Waals surface area contributed by atoms with Crippen molar-refractivity contribution in [1.82, 2.24) is 10.2 Å². The fraction of sp³-hybridized carbons (Fsp3) is 0.917. The lowest BCUT2D eigenvalue weighted by Crippen LogP contribution is -2.39. The monoisotopic (exact) mass is 371 g/mol. The summed E-state index contributed by atoms with van der Waals surface area (Å²) in [5, 5.41) is 3.39. The van der Waals surface area contributed by atoms with Gasteiger partial charge in [-0.05, 0) is 44.6 Å². The molecule has 1 heterocycles. The molecular formula is C12H26IN3S. The summed E-state index contributed by atoms with van der Waals surface area (Å²) in [4.78, 5) is 7.08. The third-order valence-electron chi connectivity index (χ3n) is 2.76. The van der Waals surface area contributed by atoms with Gasteiger partial charge in [-0.1, -0.05) is 0 Å². The molecule has 1 saturated heterocycles. The molecule has 0 aromatic rings. The van der Waals surface area contributed by atoms with Gasteiger partial charge in [0.2, 0.25) is 0 Å². The topological polar surface area (TPSA) is 27.6 Å². The van der Waals surface area contributed by atoms with E-state index >= 15 is 0 Å². The number of halogens is 1. The first-order chi connectivity index (χ1) is 7.88. The minimum Gasteiger partial charge on any atom is -0.357 e. The van der Waals surface area contributed by atoms with Crippen LogP contribution in [0.4, 0.5) is 0 Å². The average Bonchev–Trinajstić information content (AvgIpc) is 2.81. The fourth-order valence-corrected chi connectivity index (χ4v) is 2.39. The minimum absolute atomic E-state index is 0. The first-order valence-corrected chi connectivity index (χ1v) is 7.80. The Labute approximate surface area is 127 Å². The molecule has 0 bridgehead atoms. The number of rotatable bonds is 6. The summed E-state index contributed by atoms with van der Waals surface area (Å²) < 4.78 is 0. The maximum absolute atomic E-state index is 4.69. The highest BCUT2D eigenvalue weighted by Gasteiger charge is 2.14. The van der Waals surface area contributed by atoms with Crippen molar-refractivity contribution in [2.75, 3.05) is 38.2 Å². The molecule has 0 atom stereocenters. The van der Waals surface area contributed by atoms with Crippen molar-refractivity contribution in [3.05, 3.63) is 0 Å². The fourth-order valence-electron chi connectivity index (χ4n) is 1.90. The van der Waals surface area contributed by atoms with Crippen LogP contribution in [0.25, 0.3) is 0 Å². The van der Waals surface area contributed by atoms with Crippen molar-refractivity contribution in [2.45, 2.75) is 32.6 Å². The van der Waals surface area contributed by atoms with Crippen LogP contribution in [0.15, 0.2) is 4.99 Å². The summed E-state index contributed by atoms with van der Waals surface area (Å²) in [6, 6.07) is 0. The molecule has 0 saturated carbocycles. The van der Waals surface area contributed by atoms with Gasteiger partial charge in [0.05, 0.1) is 0 Å². The molecule has 0 radical (unpaired) electrons. The molecule has 1 N–H and O–H groups in total. The van der Waals surface area contributed by atoms with E-state index in [-0.39, 0.29) is 24.0 Å². The summed E-state index contributed by atoms with van der Waals surface area (Å²) in [5.74, 6) is 2.39. The van der Waals surface area contributed by atoms with Crippen molar-refractivity contribution in [1.29, 1.82) is 0 Å². The molecule has 0 aromatic carbocycles. The second-order valence-corrected chi connectivity index (χ2v) is 5.12. The second kappa shape index (κ2) is 11.4. The van der Waals surface area contributed by atoms with E-state index in [1.165, 1.54) is 44.5 Å². The van der Waals surface area contributed by atoms with E-state index in [0.29, 0.717) is 0 Å². The van der Waals surface area contributed by atoms with Gasteiger partial charge in [-0.15, -0.1) is 24.0 Å². The van der Waals surface area contributed by atoms with Crippen LogP contribution in [0.1, 0.15) is 32.6 Å². The van der Waals surface area contributed by atoms with E-state index in [2.05, 4.69) is 28.4 Å². The zero-order chi connectivity index (χ0) is 11.6. The van der Waals surface area contributed by atoms with Crippen molar-refractivity contribution in [2.24, 2.45) is 4.99 Å². The lowest BCUT2D eigenvalue weighted by Gasteiger charge is -2.20. The van der Waals surface area contributed by atoms with Crippen molar-refractivity contribution >= 4 is 41.7 Å². The average molecular weight is 371 g/mol. The van der Waals surface area contributed by atoms with E-state index in [4.69, 9.17) is 0 Å². The molecular weight excluding hydrogens is 345 g/mol. The number of hydrogen-bond donors (Lipinski definition) is 1. The van der Waals surface area contributed by atoms with E-state index in [1.807, 2.05) is 11.8 Å². The third kappa shape index (κ3) is 7.39. The number of guanidine groups is 1. The smallest absolute Gasteiger partial charge is 0.193 e. The zero-order valence-corrected chi connectivity index (χ0v) is 14.2. The van der Waals surface area contributed by atoms with Crippen molar-refractivity contribution < 1.29 is 0 Å². The molecule has 1 aliphatic heterocycles. The Kier molecular flexibility index (Phi) is 11.7. The van der Waals surface area contributed by atoms with Crippen LogP contribution < -0.4 is 5.32 Å². The number of unbranched alkanes of at least 4 members (excludes halogenated alkanes) is 1. The zero-order valence-electron chi connectivity index (χ0n) is 11.1. The SMILES string of the molecule is CCNC(=NCCCCSC)N1CCCC1.I. The van der Waals surface area contributed by atoms with Gasteiger partial charge in [-0.3, -0.25) is 4.99 Å². The van der Waals surface area contributed by atoms with Crippen LogP contribution in [0.2, 0.25) is 0 Å². The number of thioether (sulfide) groups is 1. The highest BCUT2D eigenvalue weighted by atomic mass is 127. The summed E-state index contributed by atoms with van der Waals surface area (Å²) >= 11 is 1.92. The largest absolute Gasteiger partial charge is 0.357 e. The predicted octanol–water partition coefficient (Wildman–Crippen LogP) is 2.81. The molecule has 0 amide bonds. The third-order valence-corrected chi connectivity index (χ3v) is 3.46. The van der Waals surface area contributed by atoms with E-state index in [0.717, 1.165) is 19.0 Å². The van der Waals surface area contributed by atoms with Gasteiger partial charge in [0.1, 0.15) is 0 Å². The molecule has 1 rings (SSSR count). The molecule has 5 heteroatoms. The Balaban J connectivity index is 0.00000256. The van der Waals surface area contributed by atoms with E-state index < -0.39 is 0 Å². The van der Waals surface area contributed by atoms with Crippen molar-refractivity contribution in [3.63, 3.8) is 0 Å². The molecule has 0 aromatic heterocycles. The van der Waals surface area contributed by atoms with Crippen LogP contribution >= 0.6 is 35.7 Å². The Morgan fingerprint density at radius 2 is 2.00 bits per heavy atom. The second-order valence-electron chi connectivity index (χ2n) is 4.13. The number of aliphatic imine (C=N–C) groups is 1. The van der Waals surface area contributed by atoms with Gasteiger partial charge < -0.3 is 10.2 Å². The summed E-state index contributed by atoms with van der Waals surface area (Å²) in [5.41, 5.74) is 0. The molecule has 17 heavy (non-hydrogen) atoms. The summed E-state index contributed by atoms with van der Waals surface area (Å²) in [7, 11) is 0. The number of nitrogens with zero attached hydrogens (tertiary/aromatic N) is 2. The Morgan fingerprint density at radius 1 is 1.29 bits per heavy atom. The molecule has 1 aliphatic rings. The normalized spacial score (nSPS) is 15.9. The Bertz CT molecular complexity index is 206. The molecule has 0 unspecified atom stereocenters. The molecule has 1 fully saturated rings. The maximum atomic E-state index is 4.69. The Hall–Kier alpha value is 0.350. The van der Waals surface area contributed by atoms with Gasteiger partial charge in [-0.2, -0.15) is 11.8 Å². The molecule has 0 aliphatic carbocycles. The van der Waals surface area contributed by atoms with E-state index in [1.54, 1.807) is 0 Å². The van der Waals surface area contributed by atoms with Gasteiger partial charge in [0, 0.05) is 26.2 Å². The molecule has 102 valence electrons. The number of nitrogens with one attached hydrogen (secondary N) is 1. The molecule has 3 nitrogen and oxygen atoms in total. The highest BCUT2D eigenvalue weighted by Crippen LogP contribution is 2.07. The first-order valence-electron chi connectivity index (χ1n) is 6.40. The maximum Gasteiger partial charge on any atom is 0.193 e. The van der Waals surface area contributed by atoms with Crippen LogP contribution in [-0.4, -0.2) is 49.0 Å². The summed E-state index contributed by atoms with van der Waals surface area (Å²) in [6.45, 7) is 6.44. The number of likely N-dealkylation sites (tertiary alicyclic amines) is 1. The summed E-state index contributed by atoms with van der Waals surface area (Å²) in [6.07, 6.45) is 7.29. The standard InChI is InChI=1S/C12H25N3S.HI/c1-3-13-12(15-9-5-6-10-15)14-8-4-7-11-16-2;/h3-11H2,1-2H3,(H,13,14);1H. The van der Waals surface area contributed by atoms with Crippen LogP contribution in [0, 0.1) is 0 Å². The van der Waals surface area contributed by atoms with Crippen molar-refractivity contribution in [3.8, 4) is 0 Å². The first kappa shape index (κ1) is 17.4. The molecule has 0 spiro atoms. The van der Waals surface area contributed by atoms with Gasteiger partial charge in [-0.25, -0.2) is 0 Å². The van der Waals surface area contributed by atoms with Gasteiger partial charge in [0.25, 0.3) is 0 Å². The lowest BCUT2D eigenvalue weighted by atomic mass is 10.3. The quantitative estimate of drug-likeness (QED) is 0.337. The van der Waals surface area contributed by atoms with Crippen LogP contribution in [0.5, 0.6) is 0 Å². The highest BCUT2D eigenvalue weighted by molar-refractivity contribution is 14.0. The lowest BCUT2D eigenvalue weighted by molar-refractivity contribution is 0.493. The Morgan fingerprint density at radius 3 is 2.59 bits per heavy atom. The predicted molar refractivity (Wildman–Crippen MR) is 89.8 cm³/mol. The van der Waals surface area contributed by atoms with Gasteiger partial charge >= 0.3 is 0 Å². The van der Waals surface area contributed by atoms with Crippen LogP contribution in [0.3, 0.4) is 0 Å². The minimum atomic E-state index is 0. The van der Waals surface area contributed by atoms with Gasteiger partial charge in [0.15, 0.2) is 5.96 Å².